The monoisotopic (exact) mass is 326 g/mol. The zero-order valence-corrected chi connectivity index (χ0v) is 12.6. The molecule has 8 heteroatoms. The lowest BCUT2D eigenvalue weighted by molar-refractivity contribution is -0.125. The van der Waals surface area contributed by atoms with Gasteiger partial charge in [-0.05, 0) is 24.3 Å². The van der Waals surface area contributed by atoms with E-state index in [4.69, 9.17) is 0 Å². The lowest BCUT2D eigenvalue weighted by atomic mass is 10.2. The minimum atomic E-state index is -0.608. The average Bonchev–Trinajstić information content (AvgIpc) is 2.61. The molecular formula is C16H14N4O4. The summed E-state index contributed by atoms with van der Waals surface area (Å²) in [6.45, 7) is 0. The number of carbonyl (C=O) groups excluding carboxylic acids is 4. The molecule has 2 aromatic heterocycles. The van der Waals surface area contributed by atoms with Crippen LogP contribution in [0.5, 0.6) is 0 Å². The van der Waals surface area contributed by atoms with Crippen molar-refractivity contribution in [2.24, 2.45) is 0 Å². The molecule has 0 saturated heterocycles. The summed E-state index contributed by atoms with van der Waals surface area (Å²) in [6, 6.07) is 5.84. The van der Waals surface area contributed by atoms with Crippen molar-refractivity contribution < 1.29 is 19.2 Å². The predicted molar refractivity (Wildman–Crippen MR) is 82.7 cm³/mol. The van der Waals surface area contributed by atoms with Gasteiger partial charge in [0.1, 0.15) is 0 Å². The maximum absolute atomic E-state index is 11.7. The fraction of sp³-hybridized carbons (Fsp3) is 0.125. The lowest BCUT2D eigenvalue weighted by Crippen LogP contribution is -2.34. The topological polar surface area (TPSA) is 118 Å². The van der Waals surface area contributed by atoms with E-state index in [1.165, 1.54) is 49.1 Å². The van der Waals surface area contributed by atoms with Crippen molar-refractivity contribution in [3.8, 4) is 0 Å². The maximum Gasteiger partial charge on any atom is 0.257 e. The summed E-state index contributed by atoms with van der Waals surface area (Å²) < 4.78 is 0. The first kappa shape index (κ1) is 16.9. The van der Waals surface area contributed by atoms with Crippen molar-refractivity contribution in [1.82, 2.24) is 20.6 Å². The molecule has 24 heavy (non-hydrogen) atoms. The minimum absolute atomic E-state index is 0.216. The Morgan fingerprint density at radius 1 is 0.667 bits per heavy atom. The number of amides is 4. The molecular weight excluding hydrogens is 312 g/mol. The summed E-state index contributed by atoms with van der Waals surface area (Å²) in [6.07, 6.45) is 5.28. The Morgan fingerprint density at radius 2 is 1.00 bits per heavy atom. The first-order valence-electron chi connectivity index (χ1n) is 7.04. The summed E-state index contributed by atoms with van der Waals surface area (Å²) in [7, 11) is 0. The lowest BCUT2D eigenvalue weighted by Gasteiger charge is -2.05. The molecule has 0 bridgehead atoms. The van der Waals surface area contributed by atoms with E-state index in [0.717, 1.165) is 0 Å². The molecule has 0 spiro atoms. The van der Waals surface area contributed by atoms with Crippen LogP contribution in [-0.2, 0) is 9.59 Å². The number of hydrogen-bond donors (Lipinski definition) is 2. The third-order valence-electron chi connectivity index (χ3n) is 2.97. The van der Waals surface area contributed by atoms with Crippen LogP contribution in [-0.4, -0.2) is 33.6 Å². The fourth-order valence-corrected chi connectivity index (χ4v) is 1.76. The van der Waals surface area contributed by atoms with Gasteiger partial charge < -0.3 is 0 Å². The van der Waals surface area contributed by atoms with Crippen LogP contribution < -0.4 is 10.6 Å². The number of imide groups is 2. The van der Waals surface area contributed by atoms with Crippen LogP contribution in [0.2, 0.25) is 0 Å². The van der Waals surface area contributed by atoms with Crippen molar-refractivity contribution in [2.75, 3.05) is 0 Å². The molecule has 0 aliphatic rings. The van der Waals surface area contributed by atoms with Gasteiger partial charge in [-0.25, -0.2) is 0 Å². The van der Waals surface area contributed by atoms with Crippen LogP contribution in [0, 0.1) is 0 Å². The number of carbonyl (C=O) groups is 4. The number of nitrogens with one attached hydrogen (secondary N) is 2. The Kier molecular flexibility index (Phi) is 5.84. The van der Waals surface area contributed by atoms with Crippen LogP contribution in [0.15, 0.2) is 49.1 Å². The predicted octanol–water partition coefficient (Wildman–Crippen LogP) is 0.470. The van der Waals surface area contributed by atoms with Crippen LogP contribution in [0.25, 0.3) is 0 Å². The normalized spacial score (nSPS) is 9.83. The molecule has 2 heterocycles. The molecule has 2 N–H and O–H groups in total. The van der Waals surface area contributed by atoms with Gasteiger partial charge in [0.25, 0.3) is 11.8 Å². The standard InChI is InChI=1S/C16H14N4O4/c21-13(19-15(23)11-3-7-17-8-4-11)1-2-14(22)20-16(24)12-5-9-18-10-6-12/h3-10H,1-2H2,(H,19,21,23)(H,20,22,24). The molecule has 8 nitrogen and oxygen atoms in total. The van der Waals surface area contributed by atoms with Crippen molar-refractivity contribution >= 4 is 23.6 Å². The molecule has 0 unspecified atom stereocenters. The number of pyridine rings is 2. The Balaban J connectivity index is 1.76. The average molecular weight is 326 g/mol. The Morgan fingerprint density at radius 3 is 1.33 bits per heavy atom. The number of hydrogen-bond acceptors (Lipinski definition) is 6. The van der Waals surface area contributed by atoms with E-state index in [9.17, 15) is 19.2 Å². The highest BCUT2D eigenvalue weighted by Crippen LogP contribution is 1.99. The maximum atomic E-state index is 11.7. The highest BCUT2D eigenvalue weighted by atomic mass is 16.2. The zero-order chi connectivity index (χ0) is 17.4. The van der Waals surface area contributed by atoms with E-state index in [1.54, 1.807) is 0 Å². The molecule has 122 valence electrons. The summed E-state index contributed by atoms with van der Waals surface area (Å²) in [5.41, 5.74) is 0.575. The van der Waals surface area contributed by atoms with Gasteiger partial charge >= 0.3 is 0 Å². The van der Waals surface area contributed by atoms with Crippen LogP contribution >= 0.6 is 0 Å². The van der Waals surface area contributed by atoms with Crippen molar-refractivity contribution in [3.05, 3.63) is 60.2 Å². The third-order valence-corrected chi connectivity index (χ3v) is 2.97. The second-order valence-electron chi connectivity index (χ2n) is 4.73. The molecule has 0 radical (unpaired) electrons. The van der Waals surface area contributed by atoms with Crippen LogP contribution in [0.3, 0.4) is 0 Å². The summed E-state index contributed by atoms with van der Waals surface area (Å²) in [5.74, 6) is -2.36. The summed E-state index contributed by atoms with van der Waals surface area (Å²) in [4.78, 5) is 54.3. The SMILES string of the molecule is O=C(CCC(=O)NC(=O)c1ccncc1)NC(=O)c1ccncc1. The Labute approximate surface area is 137 Å². The second-order valence-corrected chi connectivity index (χ2v) is 4.73. The number of aromatic nitrogens is 2. The fourth-order valence-electron chi connectivity index (χ4n) is 1.76. The second kappa shape index (κ2) is 8.28. The van der Waals surface area contributed by atoms with Crippen LogP contribution in [0.1, 0.15) is 33.6 Å². The van der Waals surface area contributed by atoms with E-state index in [0.29, 0.717) is 0 Å². The zero-order valence-electron chi connectivity index (χ0n) is 12.6. The van der Waals surface area contributed by atoms with Gasteiger partial charge in [-0.15, -0.1) is 0 Å². The highest BCUT2D eigenvalue weighted by Gasteiger charge is 2.14. The van der Waals surface area contributed by atoms with Crippen molar-refractivity contribution in [1.29, 1.82) is 0 Å². The highest BCUT2D eigenvalue weighted by molar-refractivity contribution is 6.07. The van der Waals surface area contributed by atoms with Gasteiger partial charge in [0.15, 0.2) is 0 Å². The quantitative estimate of drug-likeness (QED) is 0.824. The van der Waals surface area contributed by atoms with Crippen molar-refractivity contribution in [3.63, 3.8) is 0 Å². The molecule has 0 fully saturated rings. The molecule has 0 aliphatic carbocycles. The van der Waals surface area contributed by atoms with Crippen molar-refractivity contribution in [2.45, 2.75) is 12.8 Å². The van der Waals surface area contributed by atoms with Gasteiger partial charge in [-0.1, -0.05) is 0 Å². The molecule has 0 saturated carbocycles. The molecule has 0 aromatic carbocycles. The summed E-state index contributed by atoms with van der Waals surface area (Å²) >= 11 is 0. The van der Waals surface area contributed by atoms with E-state index in [-0.39, 0.29) is 24.0 Å². The number of rotatable bonds is 5. The largest absolute Gasteiger partial charge is 0.292 e. The molecule has 0 aliphatic heterocycles. The van der Waals surface area contributed by atoms with Gasteiger partial charge in [0.05, 0.1) is 0 Å². The van der Waals surface area contributed by atoms with Gasteiger partial charge in [-0.3, -0.25) is 39.8 Å². The first-order chi connectivity index (χ1) is 11.6. The first-order valence-corrected chi connectivity index (χ1v) is 7.04. The van der Waals surface area contributed by atoms with Gasteiger partial charge in [0.2, 0.25) is 11.8 Å². The molecule has 2 rings (SSSR count). The Bertz CT molecular complexity index is 682. The van der Waals surface area contributed by atoms with E-state index in [2.05, 4.69) is 20.6 Å². The smallest absolute Gasteiger partial charge is 0.257 e. The summed E-state index contributed by atoms with van der Waals surface area (Å²) in [5, 5.41) is 4.32. The Hall–Kier alpha value is -3.42. The van der Waals surface area contributed by atoms with E-state index >= 15 is 0 Å². The van der Waals surface area contributed by atoms with Gasteiger partial charge in [0, 0.05) is 48.8 Å². The molecule has 0 atom stereocenters. The van der Waals surface area contributed by atoms with Gasteiger partial charge in [-0.2, -0.15) is 0 Å². The van der Waals surface area contributed by atoms with E-state index in [1.807, 2.05) is 0 Å². The van der Waals surface area contributed by atoms with Crippen LogP contribution in [0.4, 0.5) is 0 Å². The van der Waals surface area contributed by atoms with E-state index < -0.39 is 23.6 Å². The third kappa shape index (κ3) is 5.09. The number of nitrogens with zero attached hydrogens (tertiary/aromatic N) is 2. The minimum Gasteiger partial charge on any atom is -0.292 e. The molecule has 2 aromatic rings. The molecule has 4 amide bonds.